The Morgan fingerprint density at radius 1 is 1.00 bits per heavy atom. The van der Waals surface area contributed by atoms with Crippen LogP contribution >= 0.6 is 11.5 Å². The number of rotatable bonds is 4. The third-order valence-corrected chi connectivity index (χ3v) is 8.74. The van der Waals surface area contributed by atoms with E-state index in [-0.39, 0.29) is 0 Å². The van der Waals surface area contributed by atoms with Gasteiger partial charge in [0.15, 0.2) is 0 Å². The third-order valence-electron chi connectivity index (χ3n) is 5.78. The summed E-state index contributed by atoms with van der Waals surface area (Å²) in [5.41, 5.74) is 3.77. The maximum absolute atomic E-state index is 13.4. The van der Waals surface area contributed by atoms with E-state index in [1.165, 1.54) is 24.4 Å². The van der Waals surface area contributed by atoms with Gasteiger partial charge in [0, 0.05) is 43.6 Å². The average molecular weight is 407 g/mol. The van der Waals surface area contributed by atoms with Gasteiger partial charge in [0.25, 0.3) is 0 Å². The summed E-state index contributed by atoms with van der Waals surface area (Å²) >= 11 is 1.44. The van der Waals surface area contributed by atoms with E-state index >= 15 is 0 Å². The van der Waals surface area contributed by atoms with Gasteiger partial charge in [-0.25, -0.2) is 13.4 Å². The van der Waals surface area contributed by atoms with E-state index in [9.17, 15) is 8.42 Å². The monoisotopic (exact) mass is 406 g/mol. The topological polar surface area (TPSA) is 66.4 Å². The second kappa shape index (κ2) is 6.83. The van der Waals surface area contributed by atoms with Gasteiger partial charge in [-0.3, -0.25) is 0 Å². The van der Waals surface area contributed by atoms with Gasteiger partial charge in [0.1, 0.15) is 5.82 Å². The zero-order valence-electron chi connectivity index (χ0n) is 16.3. The van der Waals surface area contributed by atoms with E-state index in [1.807, 2.05) is 27.7 Å². The molecule has 0 spiro atoms. The van der Waals surface area contributed by atoms with Crippen molar-refractivity contribution < 1.29 is 8.42 Å². The van der Waals surface area contributed by atoms with Crippen molar-refractivity contribution in [2.24, 2.45) is 0 Å². The summed E-state index contributed by atoms with van der Waals surface area (Å²) in [7, 11) is -3.50. The molecule has 6 nitrogen and oxygen atoms in total. The van der Waals surface area contributed by atoms with Crippen molar-refractivity contribution in [3.05, 3.63) is 34.1 Å². The van der Waals surface area contributed by atoms with Crippen molar-refractivity contribution in [2.45, 2.75) is 51.3 Å². The molecule has 4 rings (SSSR count). The van der Waals surface area contributed by atoms with Crippen LogP contribution in [0.4, 0.5) is 5.13 Å². The lowest BCUT2D eigenvalue weighted by Gasteiger charge is -2.34. The predicted molar refractivity (Wildman–Crippen MR) is 108 cm³/mol. The van der Waals surface area contributed by atoms with Crippen LogP contribution in [0.2, 0.25) is 0 Å². The lowest BCUT2D eigenvalue weighted by atomic mass is 10.0. The maximum atomic E-state index is 13.4. The fraction of sp³-hybridized carbons (Fsp3) is 0.579. The van der Waals surface area contributed by atoms with Crippen LogP contribution in [0.3, 0.4) is 0 Å². The Morgan fingerprint density at radius 2 is 1.59 bits per heavy atom. The molecular formula is C19H26N4O2S2. The largest absolute Gasteiger partial charge is 0.344 e. The molecule has 1 saturated heterocycles. The molecule has 0 unspecified atom stereocenters. The van der Waals surface area contributed by atoms with Crippen LogP contribution in [-0.4, -0.2) is 48.3 Å². The third kappa shape index (κ3) is 3.39. The molecule has 2 aromatic rings. The van der Waals surface area contributed by atoms with Crippen molar-refractivity contribution in [1.82, 2.24) is 13.7 Å². The number of anilines is 1. The molecule has 1 aliphatic heterocycles. The minimum Gasteiger partial charge on any atom is -0.344 e. The number of sulfonamides is 1. The highest BCUT2D eigenvalue weighted by Gasteiger charge is 2.33. The van der Waals surface area contributed by atoms with E-state index in [0.29, 0.717) is 37.0 Å². The summed E-state index contributed by atoms with van der Waals surface area (Å²) in [5, 5.41) is 0.924. The molecule has 0 atom stereocenters. The van der Waals surface area contributed by atoms with Gasteiger partial charge in [-0.2, -0.15) is 8.68 Å². The smallest absolute Gasteiger partial charge is 0.243 e. The van der Waals surface area contributed by atoms with Crippen molar-refractivity contribution >= 4 is 26.7 Å². The molecule has 8 heteroatoms. The Morgan fingerprint density at radius 3 is 2.15 bits per heavy atom. The van der Waals surface area contributed by atoms with Gasteiger partial charge in [0.2, 0.25) is 15.2 Å². The minimum absolute atomic E-state index is 0.479. The molecule has 1 aliphatic carbocycles. The maximum Gasteiger partial charge on any atom is 0.243 e. The molecule has 0 bridgehead atoms. The van der Waals surface area contributed by atoms with Crippen LogP contribution in [0.25, 0.3) is 0 Å². The molecule has 1 aromatic carbocycles. The fourth-order valence-corrected chi connectivity index (χ4v) is 6.47. The van der Waals surface area contributed by atoms with Crippen molar-refractivity contribution in [1.29, 1.82) is 0 Å². The quantitative estimate of drug-likeness (QED) is 0.780. The normalized spacial score (nSPS) is 18.9. The van der Waals surface area contributed by atoms with Crippen LogP contribution < -0.4 is 4.90 Å². The number of hydrogen-bond acceptors (Lipinski definition) is 6. The molecule has 2 heterocycles. The average Bonchev–Trinajstić information content (AvgIpc) is 3.37. The van der Waals surface area contributed by atoms with Crippen LogP contribution in [0.1, 0.15) is 46.8 Å². The zero-order valence-corrected chi connectivity index (χ0v) is 18.0. The summed E-state index contributed by atoms with van der Waals surface area (Å²) in [4.78, 5) is 7.31. The summed E-state index contributed by atoms with van der Waals surface area (Å²) in [6, 6.07) is 2.06. The van der Waals surface area contributed by atoms with Gasteiger partial charge in [-0.05, 0) is 62.8 Å². The van der Waals surface area contributed by atoms with Gasteiger partial charge in [0.05, 0.1) is 4.90 Å². The summed E-state index contributed by atoms with van der Waals surface area (Å²) in [6.07, 6.45) is 2.38. The number of nitrogens with zero attached hydrogens (tertiary/aromatic N) is 4. The molecule has 0 radical (unpaired) electrons. The van der Waals surface area contributed by atoms with Gasteiger partial charge in [-0.15, -0.1) is 0 Å². The van der Waals surface area contributed by atoms with E-state index in [4.69, 9.17) is 0 Å². The molecular weight excluding hydrogens is 380 g/mol. The Bertz CT molecular complexity index is 946. The molecule has 1 aromatic heterocycles. The summed E-state index contributed by atoms with van der Waals surface area (Å²) in [6.45, 7) is 10.0. The fourth-order valence-electron chi connectivity index (χ4n) is 3.68. The first-order valence-electron chi connectivity index (χ1n) is 9.45. The predicted octanol–water partition coefficient (Wildman–Crippen LogP) is 3.16. The number of piperazine rings is 1. The second-order valence-corrected chi connectivity index (χ2v) is 10.3. The lowest BCUT2D eigenvalue weighted by molar-refractivity contribution is 0.384. The lowest BCUT2D eigenvalue weighted by Crippen LogP contribution is -2.49. The van der Waals surface area contributed by atoms with Crippen LogP contribution in [0.15, 0.2) is 11.0 Å². The Balaban J connectivity index is 1.53. The molecule has 2 aliphatic rings. The van der Waals surface area contributed by atoms with Crippen LogP contribution in [-0.2, 0) is 10.0 Å². The molecule has 2 fully saturated rings. The standard InChI is InChI=1S/C19H26N4O2S2/c1-12-11-13(2)15(4)17(14(12)3)27(24,25)23-9-7-22(8-10-23)19-20-18(21-26-19)16-5-6-16/h11,16H,5-10H2,1-4H3. The first kappa shape index (κ1) is 18.8. The number of hydrogen-bond donors (Lipinski definition) is 0. The Kier molecular flexibility index (Phi) is 4.76. The highest BCUT2D eigenvalue weighted by molar-refractivity contribution is 7.89. The van der Waals surface area contributed by atoms with Gasteiger partial charge >= 0.3 is 0 Å². The highest BCUT2D eigenvalue weighted by Crippen LogP contribution is 2.40. The van der Waals surface area contributed by atoms with Crippen LogP contribution in [0.5, 0.6) is 0 Å². The molecule has 1 saturated carbocycles. The number of benzene rings is 1. The van der Waals surface area contributed by atoms with E-state index in [2.05, 4.69) is 20.3 Å². The molecule has 146 valence electrons. The van der Waals surface area contributed by atoms with Crippen molar-refractivity contribution in [2.75, 3.05) is 31.1 Å². The van der Waals surface area contributed by atoms with Crippen molar-refractivity contribution in [3.63, 3.8) is 0 Å². The van der Waals surface area contributed by atoms with E-state index in [0.717, 1.165) is 33.2 Å². The summed E-state index contributed by atoms with van der Waals surface area (Å²) < 4.78 is 32.8. The van der Waals surface area contributed by atoms with Crippen molar-refractivity contribution in [3.8, 4) is 0 Å². The van der Waals surface area contributed by atoms with Gasteiger partial charge < -0.3 is 4.90 Å². The zero-order chi connectivity index (χ0) is 19.3. The van der Waals surface area contributed by atoms with Crippen LogP contribution in [0, 0.1) is 27.7 Å². The SMILES string of the molecule is Cc1cc(C)c(C)c(S(=O)(=O)N2CCN(c3nc(C4CC4)ns3)CC2)c1C. The molecule has 0 N–H and O–H groups in total. The summed E-state index contributed by atoms with van der Waals surface area (Å²) in [5.74, 6) is 1.51. The first-order valence-corrected chi connectivity index (χ1v) is 11.7. The van der Waals surface area contributed by atoms with E-state index < -0.39 is 10.0 Å². The number of aryl methyl sites for hydroxylation is 2. The minimum atomic E-state index is -3.50. The van der Waals surface area contributed by atoms with E-state index in [1.54, 1.807) is 4.31 Å². The Hall–Kier alpha value is -1.51. The first-order chi connectivity index (χ1) is 12.8. The number of aromatic nitrogens is 2. The second-order valence-electron chi connectivity index (χ2n) is 7.69. The highest BCUT2D eigenvalue weighted by atomic mass is 32.2. The molecule has 27 heavy (non-hydrogen) atoms. The van der Waals surface area contributed by atoms with Gasteiger partial charge in [-0.1, -0.05) is 6.07 Å². The Labute approximate surface area is 165 Å². The molecule has 0 amide bonds.